The van der Waals surface area contributed by atoms with Gasteiger partial charge >= 0.3 is 92.5 Å². The molecule has 0 rings (SSSR count). The Morgan fingerprint density at radius 1 is 0.500 bits per heavy atom. The molecule has 0 spiro atoms. The number of hydrogen-bond donors (Lipinski definition) is 0. The van der Waals surface area contributed by atoms with E-state index in [1.807, 2.05) is 0 Å². The minimum absolute atomic E-state index is 0. The van der Waals surface area contributed by atoms with E-state index in [1.165, 1.54) is 0 Å². The average molecular weight is 318 g/mol. The molecule has 0 amide bonds. The summed E-state index contributed by atoms with van der Waals surface area (Å²) in [6, 6.07) is 0. The van der Waals surface area contributed by atoms with Gasteiger partial charge in [-0.15, -0.1) is 0 Å². The van der Waals surface area contributed by atoms with Crippen LogP contribution >= 0.6 is 0 Å². The quantitative estimate of drug-likeness (QED) is 0.579. The Hall–Kier alpha value is -1.88. The Bertz CT molecular complexity index is 392. The van der Waals surface area contributed by atoms with Gasteiger partial charge in [0, 0.05) is 0 Å². The van der Waals surface area contributed by atoms with Gasteiger partial charge in [0.05, 0.1) is 0 Å². The summed E-state index contributed by atoms with van der Waals surface area (Å²) in [4.78, 5) is 6.19. The molecule has 8 heteroatoms. The number of nitrogens with zero attached hydrogens (tertiary/aromatic N) is 6. The third-order valence-corrected chi connectivity index (χ3v) is 4.89. The molecular weight excluding hydrogens is 318 g/mol. The molecular formula is C6FeN6Pd. The molecule has 0 aliphatic heterocycles. The van der Waals surface area contributed by atoms with Gasteiger partial charge in [0.1, 0.15) is 0 Å². The summed E-state index contributed by atoms with van der Waals surface area (Å²) in [7, 11) is -6.17. The Kier molecular flexibility index (Phi) is 3.26. The molecule has 0 N–H and O–H groups in total. The largest absolute Gasteiger partial charge is 2.00 e. The van der Waals surface area contributed by atoms with Crippen molar-refractivity contribution >= 4 is 0 Å². The van der Waals surface area contributed by atoms with Crippen molar-refractivity contribution in [2.24, 2.45) is 0 Å². The van der Waals surface area contributed by atoms with Crippen LogP contribution in [0.25, 0.3) is 0 Å². The molecule has 72 valence electrons. The molecule has 0 saturated carbocycles. The molecule has 0 atom stereocenters. The van der Waals surface area contributed by atoms with Gasteiger partial charge in [-0.3, -0.25) is 0 Å². The van der Waals surface area contributed by atoms with Crippen LogP contribution < -0.4 is 0 Å². The van der Waals surface area contributed by atoms with Crippen LogP contribution in [-0.4, -0.2) is 0 Å². The molecule has 0 aromatic rings. The van der Waals surface area contributed by atoms with Crippen LogP contribution in [0.5, 0.6) is 0 Å². The summed E-state index contributed by atoms with van der Waals surface area (Å²) in [6.07, 6.45) is 0. The first-order valence-corrected chi connectivity index (χ1v) is 5.71. The van der Waals surface area contributed by atoms with Gasteiger partial charge in [-0.25, -0.2) is 0 Å². The molecule has 0 heterocycles. The normalized spacial score (nSPS) is 12.4. The molecule has 0 aliphatic carbocycles. The second-order valence-electron chi connectivity index (χ2n) is 1.80. The van der Waals surface area contributed by atoms with E-state index in [2.05, 4.69) is 0 Å². The first-order chi connectivity index (χ1) is 5.97. The van der Waals surface area contributed by atoms with E-state index in [1.54, 1.807) is 0 Å². The zero-order valence-electron chi connectivity index (χ0n) is 6.35. The average Bonchev–Trinajstić information content (AvgIpc) is 2.26. The van der Waals surface area contributed by atoms with Gasteiger partial charge in [-0.1, -0.05) is 0 Å². The van der Waals surface area contributed by atoms with E-state index in [0.717, 1.165) is 29.8 Å². The molecule has 0 bridgehead atoms. The maximum Gasteiger partial charge on any atom is 2.00 e. The van der Waals surface area contributed by atoms with Crippen molar-refractivity contribution < 1.29 is 31.2 Å². The van der Waals surface area contributed by atoms with Crippen LogP contribution in [0.3, 0.4) is 0 Å². The second kappa shape index (κ2) is 3.12. The Balaban J connectivity index is 0. The van der Waals surface area contributed by atoms with Gasteiger partial charge < -0.3 is 0 Å². The minimum atomic E-state index is -6.17. The van der Waals surface area contributed by atoms with Crippen molar-refractivity contribution in [2.75, 3.05) is 0 Å². The fraction of sp³-hybridized carbons (Fsp3) is 0. The number of nitriles is 6. The summed E-state index contributed by atoms with van der Waals surface area (Å²) >= 11 is 0. The zero-order valence-corrected chi connectivity index (χ0v) is 9.01. The third-order valence-electron chi connectivity index (χ3n) is 1.19. The summed E-state index contributed by atoms with van der Waals surface area (Å²) < 4.78 is 0. The van der Waals surface area contributed by atoms with E-state index in [-0.39, 0.29) is 20.4 Å². The van der Waals surface area contributed by atoms with Crippen LogP contribution in [-0.2, 0) is 31.2 Å². The third kappa shape index (κ3) is 1.06. The topological polar surface area (TPSA) is 143 Å². The van der Waals surface area contributed by atoms with Gasteiger partial charge in [0.2, 0.25) is 0 Å². The molecule has 14 heavy (non-hydrogen) atoms. The summed E-state index contributed by atoms with van der Waals surface area (Å²) in [5, 5.41) is 51.5. The first kappa shape index (κ1) is 14.6. The number of rotatable bonds is 0. The zero-order chi connectivity index (χ0) is 10.7. The van der Waals surface area contributed by atoms with Crippen LogP contribution in [0.4, 0.5) is 0 Å². The fourth-order valence-electron chi connectivity index (χ4n) is 0.265. The molecule has 0 saturated heterocycles. The van der Waals surface area contributed by atoms with Crippen LogP contribution in [0.1, 0.15) is 0 Å². The SMILES string of the molecule is N#[C][Fe-2]([C]#N)([C]#N)([C]#N)([C]#N)[C]#N.[Pd+2]. The molecule has 6 nitrogen and oxygen atoms in total. The standard InChI is InChI=1S/6CN.Fe.Pd/c6*1-2;;/q;;;;;;-2;+2. The van der Waals surface area contributed by atoms with Gasteiger partial charge in [-0.2, -0.15) is 0 Å². The maximum absolute atomic E-state index is 8.58. The van der Waals surface area contributed by atoms with E-state index in [4.69, 9.17) is 31.6 Å². The number of hydrogen-bond acceptors (Lipinski definition) is 6. The molecule has 0 aliphatic rings. The molecule has 0 aromatic carbocycles. The summed E-state index contributed by atoms with van der Waals surface area (Å²) in [6.45, 7) is 0. The van der Waals surface area contributed by atoms with E-state index < -0.39 is 10.7 Å². The van der Waals surface area contributed by atoms with E-state index in [9.17, 15) is 0 Å². The van der Waals surface area contributed by atoms with Gasteiger partial charge in [-0.05, 0) is 0 Å². The van der Waals surface area contributed by atoms with Crippen LogP contribution in [0.2, 0.25) is 0 Å². The maximum atomic E-state index is 8.58. The van der Waals surface area contributed by atoms with Gasteiger partial charge in [0.25, 0.3) is 0 Å². The Morgan fingerprint density at radius 3 is 0.643 bits per heavy atom. The van der Waals surface area contributed by atoms with Crippen LogP contribution in [0.15, 0.2) is 0 Å². The monoisotopic (exact) mass is 318 g/mol. The molecule has 0 unspecified atom stereocenters. The van der Waals surface area contributed by atoms with E-state index >= 15 is 0 Å². The molecule has 0 aromatic heterocycles. The predicted octanol–water partition coefficient (Wildman–Crippen LogP) is 0.0957. The van der Waals surface area contributed by atoms with Gasteiger partial charge in [0.15, 0.2) is 0 Å². The first-order valence-electron chi connectivity index (χ1n) is 2.40. The predicted molar refractivity (Wildman–Crippen MR) is 33.7 cm³/mol. The molecule has 0 fully saturated rings. The summed E-state index contributed by atoms with van der Waals surface area (Å²) in [5.74, 6) is 0. The van der Waals surface area contributed by atoms with Crippen LogP contribution in [0, 0.1) is 61.4 Å². The van der Waals surface area contributed by atoms with Crippen molar-refractivity contribution in [1.29, 1.82) is 31.6 Å². The summed E-state index contributed by atoms with van der Waals surface area (Å²) in [5.41, 5.74) is 0. The smallest absolute Gasteiger partial charge is 2.00 e. The van der Waals surface area contributed by atoms with Crippen molar-refractivity contribution in [1.82, 2.24) is 0 Å². The van der Waals surface area contributed by atoms with Crippen molar-refractivity contribution in [3.63, 3.8) is 0 Å². The second-order valence-corrected chi connectivity index (χ2v) is 7.42. The molecule has 0 radical (unpaired) electrons. The van der Waals surface area contributed by atoms with Crippen molar-refractivity contribution in [3.8, 4) is 29.8 Å². The van der Waals surface area contributed by atoms with Crippen molar-refractivity contribution in [2.45, 2.75) is 0 Å². The van der Waals surface area contributed by atoms with Crippen molar-refractivity contribution in [3.05, 3.63) is 0 Å². The Morgan fingerprint density at radius 2 is 0.643 bits per heavy atom. The fourth-order valence-corrected chi connectivity index (χ4v) is 1.09. The van der Waals surface area contributed by atoms with E-state index in [0.29, 0.717) is 0 Å². The minimum Gasteiger partial charge on any atom is 2.00 e. The Labute approximate surface area is 92.4 Å².